The third-order valence-electron chi connectivity index (χ3n) is 3.03. The minimum atomic E-state index is -0.283. The summed E-state index contributed by atoms with van der Waals surface area (Å²) >= 11 is 0. The lowest BCUT2D eigenvalue weighted by Gasteiger charge is -2.14. The van der Waals surface area contributed by atoms with Crippen LogP contribution in [0.3, 0.4) is 0 Å². The number of carbonyl (C=O) groups excluding carboxylic acids is 1. The number of amides is 1. The first-order valence-corrected chi connectivity index (χ1v) is 6.90. The Balaban J connectivity index is 2.22. The predicted octanol–water partition coefficient (Wildman–Crippen LogP) is 4.21. The molecule has 0 fully saturated rings. The molecule has 0 aliphatic carbocycles. The molecular formula is C17H19FN2O. The Morgan fingerprint density at radius 3 is 2.52 bits per heavy atom. The molecule has 110 valence electrons. The van der Waals surface area contributed by atoms with Gasteiger partial charge in [-0.1, -0.05) is 12.1 Å². The third-order valence-corrected chi connectivity index (χ3v) is 3.03. The topological polar surface area (TPSA) is 41.1 Å². The molecule has 0 heterocycles. The van der Waals surface area contributed by atoms with E-state index in [2.05, 4.69) is 10.6 Å². The van der Waals surface area contributed by atoms with Gasteiger partial charge in [0.05, 0.1) is 5.56 Å². The van der Waals surface area contributed by atoms with Gasteiger partial charge in [-0.25, -0.2) is 4.39 Å². The number of rotatable bonds is 4. The van der Waals surface area contributed by atoms with Crippen LogP contribution in [0.2, 0.25) is 0 Å². The number of aryl methyl sites for hydroxylation is 1. The fourth-order valence-electron chi connectivity index (χ4n) is 2.04. The minimum absolute atomic E-state index is 0.218. The molecule has 1 amide bonds. The van der Waals surface area contributed by atoms with Crippen LogP contribution in [0.15, 0.2) is 42.5 Å². The van der Waals surface area contributed by atoms with Crippen molar-refractivity contribution in [1.29, 1.82) is 0 Å². The first-order chi connectivity index (χ1) is 9.97. The molecule has 0 saturated heterocycles. The van der Waals surface area contributed by atoms with Gasteiger partial charge in [0.15, 0.2) is 0 Å². The van der Waals surface area contributed by atoms with Gasteiger partial charge in [-0.2, -0.15) is 0 Å². The Morgan fingerprint density at radius 1 is 1.14 bits per heavy atom. The summed E-state index contributed by atoms with van der Waals surface area (Å²) in [5, 5.41) is 6.03. The fourth-order valence-corrected chi connectivity index (χ4v) is 2.04. The smallest absolute Gasteiger partial charge is 0.257 e. The minimum Gasteiger partial charge on any atom is -0.382 e. The Labute approximate surface area is 124 Å². The van der Waals surface area contributed by atoms with E-state index >= 15 is 0 Å². The van der Waals surface area contributed by atoms with Crippen molar-refractivity contribution in [2.45, 2.75) is 26.8 Å². The van der Waals surface area contributed by atoms with Gasteiger partial charge in [0.25, 0.3) is 5.91 Å². The van der Waals surface area contributed by atoms with E-state index in [0.717, 1.165) is 5.69 Å². The van der Waals surface area contributed by atoms with Gasteiger partial charge in [0, 0.05) is 17.4 Å². The van der Waals surface area contributed by atoms with Crippen LogP contribution in [-0.4, -0.2) is 11.9 Å². The molecule has 0 unspecified atom stereocenters. The molecule has 0 saturated carbocycles. The highest BCUT2D eigenvalue weighted by atomic mass is 19.1. The van der Waals surface area contributed by atoms with Crippen LogP contribution in [-0.2, 0) is 0 Å². The van der Waals surface area contributed by atoms with E-state index in [9.17, 15) is 9.18 Å². The highest BCUT2D eigenvalue weighted by molar-refractivity contribution is 6.08. The summed E-state index contributed by atoms with van der Waals surface area (Å²) in [5.41, 5.74) is 2.43. The fraction of sp³-hybridized carbons (Fsp3) is 0.235. The number of nitrogens with one attached hydrogen (secondary N) is 2. The maximum Gasteiger partial charge on any atom is 0.257 e. The summed E-state index contributed by atoms with van der Waals surface area (Å²) in [6, 6.07) is 12.1. The van der Waals surface area contributed by atoms with Gasteiger partial charge in [0.2, 0.25) is 0 Å². The largest absolute Gasteiger partial charge is 0.382 e. The molecular weight excluding hydrogens is 267 g/mol. The van der Waals surface area contributed by atoms with Crippen molar-refractivity contribution in [3.63, 3.8) is 0 Å². The lowest BCUT2D eigenvalue weighted by atomic mass is 10.1. The predicted molar refractivity (Wildman–Crippen MR) is 84.3 cm³/mol. The van der Waals surface area contributed by atoms with Crippen molar-refractivity contribution in [2.75, 3.05) is 10.6 Å². The Morgan fingerprint density at radius 2 is 1.86 bits per heavy atom. The highest BCUT2D eigenvalue weighted by Gasteiger charge is 2.12. The molecule has 4 heteroatoms. The third kappa shape index (κ3) is 3.81. The Kier molecular flexibility index (Phi) is 4.58. The summed E-state index contributed by atoms with van der Waals surface area (Å²) in [7, 11) is 0. The molecule has 2 rings (SSSR count). The van der Waals surface area contributed by atoms with Crippen molar-refractivity contribution in [3.05, 3.63) is 59.4 Å². The van der Waals surface area contributed by atoms with E-state index in [-0.39, 0.29) is 17.8 Å². The lowest BCUT2D eigenvalue weighted by Crippen LogP contribution is -2.17. The molecule has 0 aliphatic rings. The van der Waals surface area contributed by atoms with Crippen LogP contribution in [0, 0.1) is 12.7 Å². The molecule has 3 nitrogen and oxygen atoms in total. The average molecular weight is 286 g/mol. The second kappa shape index (κ2) is 6.39. The van der Waals surface area contributed by atoms with Gasteiger partial charge in [-0.15, -0.1) is 0 Å². The maximum absolute atomic E-state index is 13.2. The van der Waals surface area contributed by atoms with Gasteiger partial charge in [0.1, 0.15) is 5.82 Å². The highest BCUT2D eigenvalue weighted by Crippen LogP contribution is 2.19. The van der Waals surface area contributed by atoms with Crippen LogP contribution < -0.4 is 10.6 Å². The quantitative estimate of drug-likeness (QED) is 0.884. The zero-order valence-electron chi connectivity index (χ0n) is 12.4. The van der Waals surface area contributed by atoms with E-state index in [1.807, 2.05) is 32.0 Å². The first-order valence-electron chi connectivity index (χ1n) is 6.90. The molecule has 2 aromatic rings. The zero-order valence-corrected chi connectivity index (χ0v) is 12.4. The molecule has 0 spiro atoms. The van der Waals surface area contributed by atoms with Gasteiger partial charge < -0.3 is 10.6 Å². The number of carbonyl (C=O) groups is 1. The number of benzene rings is 2. The number of anilines is 2. The molecule has 0 bridgehead atoms. The molecule has 0 aromatic heterocycles. The Hall–Kier alpha value is -2.36. The van der Waals surface area contributed by atoms with E-state index in [0.29, 0.717) is 16.8 Å². The second-order valence-electron chi connectivity index (χ2n) is 5.26. The molecule has 2 aromatic carbocycles. The van der Waals surface area contributed by atoms with Gasteiger partial charge in [-0.3, -0.25) is 4.79 Å². The summed E-state index contributed by atoms with van der Waals surface area (Å²) < 4.78 is 13.2. The monoisotopic (exact) mass is 286 g/mol. The van der Waals surface area contributed by atoms with E-state index in [1.165, 1.54) is 6.07 Å². The van der Waals surface area contributed by atoms with E-state index < -0.39 is 0 Å². The van der Waals surface area contributed by atoms with E-state index in [4.69, 9.17) is 0 Å². The number of hydrogen-bond acceptors (Lipinski definition) is 2. The normalized spacial score (nSPS) is 10.5. The molecule has 0 atom stereocenters. The van der Waals surface area contributed by atoms with Crippen molar-refractivity contribution in [3.8, 4) is 0 Å². The molecule has 2 N–H and O–H groups in total. The molecule has 0 aliphatic heterocycles. The lowest BCUT2D eigenvalue weighted by molar-refractivity contribution is 0.102. The van der Waals surface area contributed by atoms with Crippen LogP contribution in [0.5, 0.6) is 0 Å². The zero-order chi connectivity index (χ0) is 15.4. The van der Waals surface area contributed by atoms with Crippen LogP contribution in [0.4, 0.5) is 15.8 Å². The summed E-state index contributed by atoms with van der Waals surface area (Å²) in [4.78, 5) is 12.4. The van der Waals surface area contributed by atoms with Crippen molar-refractivity contribution >= 4 is 17.3 Å². The first kappa shape index (κ1) is 15.0. The van der Waals surface area contributed by atoms with Crippen molar-refractivity contribution in [2.24, 2.45) is 0 Å². The van der Waals surface area contributed by atoms with Gasteiger partial charge in [-0.05, 0) is 56.7 Å². The summed E-state index contributed by atoms with van der Waals surface area (Å²) in [6.07, 6.45) is 0. The van der Waals surface area contributed by atoms with Gasteiger partial charge >= 0.3 is 0 Å². The SMILES string of the molecule is Cc1cc(NC(=O)c2ccccc2NC(C)C)ccc1F. The average Bonchev–Trinajstić information content (AvgIpc) is 2.43. The second-order valence-corrected chi connectivity index (χ2v) is 5.26. The standard InChI is InChI=1S/C17H19FN2O/c1-11(2)19-16-7-5-4-6-14(16)17(21)20-13-8-9-15(18)12(3)10-13/h4-11,19H,1-3H3,(H,20,21). The summed E-state index contributed by atoms with van der Waals surface area (Å²) in [5.74, 6) is -0.500. The maximum atomic E-state index is 13.2. The van der Waals surface area contributed by atoms with Crippen LogP contribution in [0.1, 0.15) is 29.8 Å². The van der Waals surface area contributed by atoms with Crippen molar-refractivity contribution in [1.82, 2.24) is 0 Å². The molecule has 21 heavy (non-hydrogen) atoms. The van der Waals surface area contributed by atoms with Crippen LogP contribution >= 0.6 is 0 Å². The van der Waals surface area contributed by atoms with Crippen LogP contribution in [0.25, 0.3) is 0 Å². The number of para-hydroxylation sites is 1. The number of halogens is 1. The molecule has 0 radical (unpaired) electrons. The Bertz CT molecular complexity index is 653. The van der Waals surface area contributed by atoms with E-state index in [1.54, 1.807) is 25.1 Å². The number of hydrogen-bond donors (Lipinski definition) is 2. The van der Waals surface area contributed by atoms with Crippen molar-refractivity contribution < 1.29 is 9.18 Å². The summed E-state index contributed by atoms with van der Waals surface area (Å²) in [6.45, 7) is 5.69.